The molecule has 0 saturated carbocycles. The Hall–Kier alpha value is -2.00. The van der Waals surface area contributed by atoms with Gasteiger partial charge in [0.1, 0.15) is 0 Å². The van der Waals surface area contributed by atoms with Crippen LogP contribution in [0.1, 0.15) is 35.3 Å². The molecule has 0 amide bonds. The third-order valence-electron chi connectivity index (χ3n) is 3.13. The largest absolute Gasteiger partial charge is 0.478 e. The van der Waals surface area contributed by atoms with Crippen LogP contribution < -0.4 is 5.32 Å². The first kappa shape index (κ1) is 14.4. The highest BCUT2D eigenvalue weighted by Gasteiger charge is 2.10. The molecule has 0 aromatic heterocycles. The standard InChI is InChI=1S/C16H16ClNO2/c1-2-15(11-6-8-13(17)9-7-11)18-14-5-3-4-12(10-14)16(19)20/h3-10,15,18H,2H2,1H3,(H,19,20). The normalized spacial score (nSPS) is 11.9. The Kier molecular flexibility index (Phi) is 4.64. The third-order valence-corrected chi connectivity index (χ3v) is 3.38. The van der Waals surface area contributed by atoms with Gasteiger partial charge in [-0.2, -0.15) is 0 Å². The molecule has 0 saturated heterocycles. The Balaban J connectivity index is 2.19. The van der Waals surface area contributed by atoms with E-state index in [1.165, 1.54) is 0 Å². The fourth-order valence-corrected chi connectivity index (χ4v) is 2.19. The quantitative estimate of drug-likeness (QED) is 0.845. The molecule has 2 N–H and O–H groups in total. The van der Waals surface area contributed by atoms with E-state index in [2.05, 4.69) is 12.2 Å². The van der Waals surface area contributed by atoms with Crippen LogP contribution in [0, 0.1) is 0 Å². The van der Waals surface area contributed by atoms with Gasteiger partial charge in [-0.3, -0.25) is 0 Å². The molecule has 0 aliphatic heterocycles. The third kappa shape index (κ3) is 3.52. The molecule has 2 aromatic carbocycles. The highest BCUT2D eigenvalue weighted by atomic mass is 35.5. The summed E-state index contributed by atoms with van der Waals surface area (Å²) < 4.78 is 0. The molecule has 0 fully saturated rings. The number of hydrogen-bond donors (Lipinski definition) is 2. The first-order valence-electron chi connectivity index (χ1n) is 6.45. The maximum absolute atomic E-state index is 11.0. The molecular weight excluding hydrogens is 274 g/mol. The average Bonchev–Trinajstić information content (AvgIpc) is 2.46. The number of carbonyl (C=O) groups is 1. The summed E-state index contributed by atoms with van der Waals surface area (Å²) >= 11 is 5.89. The number of anilines is 1. The summed E-state index contributed by atoms with van der Waals surface area (Å²) in [5.41, 5.74) is 2.20. The predicted molar refractivity (Wildman–Crippen MR) is 81.5 cm³/mol. The van der Waals surface area contributed by atoms with Crippen LogP contribution in [0.25, 0.3) is 0 Å². The summed E-state index contributed by atoms with van der Waals surface area (Å²) in [6, 6.07) is 14.6. The van der Waals surface area contributed by atoms with Crippen molar-refractivity contribution in [3.63, 3.8) is 0 Å². The van der Waals surface area contributed by atoms with Gasteiger partial charge in [0.15, 0.2) is 0 Å². The Morgan fingerprint density at radius 3 is 2.55 bits per heavy atom. The lowest BCUT2D eigenvalue weighted by molar-refractivity contribution is 0.0697. The predicted octanol–water partition coefficient (Wildman–Crippen LogP) is 4.60. The van der Waals surface area contributed by atoms with Crippen molar-refractivity contribution < 1.29 is 9.90 Å². The van der Waals surface area contributed by atoms with E-state index in [9.17, 15) is 4.79 Å². The second-order valence-corrected chi connectivity index (χ2v) is 4.98. The fourth-order valence-electron chi connectivity index (χ4n) is 2.06. The lowest BCUT2D eigenvalue weighted by Crippen LogP contribution is -2.10. The molecule has 2 aromatic rings. The van der Waals surface area contributed by atoms with Crippen molar-refractivity contribution in [2.75, 3.05) is 5.32 Å². The average molecular weight is 290 g/mol. The molecule has 0 aliphatic rings. The Morgan fingerprint density at radius 1 is 1.25 bits per heavy atom. The number of benzene rings is 2. The van der Waals surface area contributed by atoms with Crippen molar-refractivity contribution in [2.24, 2.45) is 0 Å². The summed E-state index contributed by atoms with van der Waals surface area (Å²) in [5, 5.41) is 13.1. The van der Waals surface area contributed by atoms with E-state index in [1.54, 1.807) is 18.2 Å². The smallest absolute Gasteiger partial charge is 0.335 e. The van der Waals surface area contributed by atoms with Crippen molar-refractivity contribution in [1.82, 2.24) is 0 Å². The van der Waals surface area contributed by atoms with E-state index in [0.717, 1.165) is 17.7 Å². The Bertz CT molecular complexity index is 596. The molecule has 3 nitrogen and oxygen atoms in total. The number of nitrogens with one attached hydrogen (secondary N) is 1. The maximum Gasteiger partial charge on any atom is 0.335 e. The number of rotatable bonds is 5. The van der Waals surface area contributed by atoms with Gasteiger partial charge in [-0.15, -0.1) is 0 Å². The van der Waals surface area contributed by atoms with Crippen molar-refractivity contribution in [3.05, 3.63) is 64.7 Å². The zero-order chi connectivity index (χ0) is 14.5. The number of aromatic carboxylic acids is 1. The molecule has 4 heteroatoms. The van der Waals surface area contributed by atoms with E-state index in [4.69, 9.17) is 16.7 Å². The summed E-state index contributed by atoms with van der Waals surface area (Å²) in [4.78, 5) is 11.0. The van der Waals surface area contributed by atoms with Gasteiger partial charge in [0, 0.05) is 10.7 Å². The van der Waals surface area contributed by atoms with E-state index >= 15 is 0 Å². The van der Waals surface area contributed by atoms with Crippen LogP contribution in [0.4, 0.5) is 5.69 Å². The van der Waals surface area contributed by atoms with Gasteiger partial charge in [-0.25, -0.2) is 4.79 Å². The lowest BCUT2D eigenvalue weighted by atomic mass is 10.0. The zero-order valence-electron chi connectivity index (χ0n) is 11.1. The van der Waals surface area contributed by atoms with Crippen LogP contribution in [0.2, 0.25) is 5.02 Å². The molecule has 20 heavy (non-hydrogen) atoms. The van der Waals surface area contributed by atoms with Crippen molar-refractivity contribution >= 4 is 23.3 Å². The molecule has 2 rings (SSSR count). The van der Waals surface area contributed by atoms with Gasteiger partial charge in [0.25, 0.3) is 0 Å². The summed E-state index contributed by atoms with van der Waals surface area (Å²) in [6.07, 6.45) is 0.888. The molecule has 0 spiro atoms. The van der Waals surface area contributed by atoms with Crippen LogP contribution in [-0.2, 0) is 0 Å². The van der Waals surface area contributed by atoms with Crippen molar-refractivity contribution in [1.29, 1.82) is 0 Å². The van der Waals surface area contributed by atoms with E-state index in [0.29, 0.717) is 5.02 Å². The van der Waals surface area contributed by atoms with Crippen LogP contribution in [0.3, 0.4) is 0 Å². The van der Waals surface area contributed by atoms with Crippen LogP contribution in [-0.4, -0.2) is 11.1 Å². The van der Waals surface area contributed by atoms with Gasteiger partial charge in [0.05, 0.1) is 11.6 Å². The minimum absolute atomic E-state index is 0.122. The topological polar surface area (TPSA) is 49.3 Å². The van der Waals surface area contributed by atoms with Gasteiger partial charge in [-0.1, -0.05) is 36.7 Å². The zero-order valence-corrected chi connectivity index (χ0v) is 11.9. The highest BCUT2D eigenvalue weighted by molar-refractivity contribution is 6.30. The van der Waals surface area contributed by atoms with Gasteiger partial charge in [0.2, 0.25) is 0 Å². The molecule has 0 radical (unpaired) electrons. The van der Waals surface area contributed by atoms with E-state index < -0.39 is 5.97 Å². The highest BCUT2D eigenvalue weighted by Crippen LogP contribution is 2.24. The number of halogens is 1. The van der Waals surface area contributed by atoms with Gasteiger partial charge >= 0.3 is 5.97 Å². The molecular formula is C16H16ClNO2. The van der Waals surface area contributed by atoms with E-state index in [-0.39, 0.29) is 11.6 Å². The SMILES string of the molecule is CCC(Nc1cccc(C(=O)O)c1)c1ccc(Cl)cc1. The summed E-state index contributed by atoms with van der Waals surface area (Å²) in [6.45, 7) is 2.08. The maximum atomic E-state index is 11.0. The number of carboxylic acid groups (broad SMARTS) is 1. The molecule has 0 aliphatic carbocycles. The van der Waals surface area contributed by atoms with Gasteiger partial charge in [-0.05, 0) is 42.3 Å². The minimum Gasteiger partial charge on any atom is -0.478 e. The summed E-state index contributed by atoms with van der Waals surface area (Å²) in [5.74, 6) is -0.923. The van der Waals surface area contributed by atoms with E-state index in [1.807, 2.05) is 30.3 Å². The Labute approximate surface area is 123 Å². The Morgan fingerprint density at radius 2 is 1.95 bits per heavy atom. The van der Waals surface area contributed by atoms with Crippen molar-refractivity contribution in [3.8, 4) is 0 Å². The molecule has 1 unspecified atom stereocenters. The first-order chi connectivity index (χ1) is 9.60. The fraction of sp³-hybridized carbons (Fsp3) is 0.188. The molecule has 1 atom stereocenters. The molecule has 104 valence electrons. The minimum atomic E-state index is -0.923. The summed E-state index contributed by atoms with van der Waals surface area (Å²) in [7, 11) is 0. The second kappa shape index (κ2) is 6.44. The number of carboxylic acids is 1. The second-order valence-electron chi connectivity index (χ2n) is 4.54. The lowest BCUT2D eigenvalue weighted by Gasteiger charge is -2.19. The molecule has 0 bridgehead atoms. The monoisotopic (exact) mass is 289 g/mol. The molecule has 0 heterocycles. The van der Waals surface area contributed by atoms with Gasteiger partial charge < -0.3 is 10.4 Å². The number of hydrogen-bond acceptors (Lipinski definition) is 2. The van der Waals surface area contributed by atoms with Crippen molar-refractivity contribution in [2.45, 2.75) is 19.4 Å². The first-order valence-corrected chi connectivity index (χ1v) is 6.83. The van der Waals surface area contributed by atoms with Crippen LogP contribution >= 0.6 is 11.6 Å². The van der Waals surface area contributed by atoms with Crippen LogP contribution in [0.5, 0.6) is 0 Å². The van der Waals surface area contributed by atoms with Crippen LogP contribution in [0.15, 0.2) is 48.5 Å².